The zero-order chi connectivity index (χ0) is 12.7. The predicted molar refractivity (Wildman–Crippen MR) is 63.0 cm³/mol. The van der Waals surface area contributed by atoms with E-state index < -0.39 is 10.0 Å². The van der Waals surface area contributed by atoms with E-state index in [1.807, 2.05) is 6.92 Å². The Balaban J connectivity index is 2.60. The van der Waals surface area contributed by atoms with Gasteiger partial charge >= 0.3 is 0 Å². The van der Waals surface area contributed by atoms with E-state index in [4.69, 9.17) is 9.52 Å². The first kappa shape index (κ1) is 14.2. The molecule has 0 radical (unpaired) electrons. The van der Waals surface area contributed by atoms with Gasteiger partial charge in [-0.25, -0.2) is 13.1 Å². The minimum absolute atomic E-state index is 0.0214. The molecule has 3 N–H and O–H groups in total. The van der Waals surface area contributed by atoms with E-state index in [-0.39, 0.29) is 18.2 Å². The summed E-state index contributed by atoms with van der Waals surface area (Å²) in [6.07, 6.45) is 1.00. The molecule has 0 aromatic carbocycles. The molecular formula is C10H18N2O4S. The van der Waals surface area contributed by atoms with E-state index in [1.165, 1.54) is 6.07 Å². The van der Waals surface area contributed by atoms with Gasteiger partial charge in [0.2, 0.25) is 5.09 Å². The lowest BCUT2D eigenvalue weighted by Crippen LogP contribution is -2.26. The second-order valence-electron chi connectivity index (χ2n) is 3.52. The van der Waals surface area contributed by atoms with Gasteiger partial charge in [-0.05, 0) is 25.1 Å². The van der Waals surface area contributed by atoms with E-state index in [0.717, 1.165) is 13.0 Å². The molecule has 17 heavy (non-hydrogen) atoms. The molecule has 0 saturated carbocycles. The molecule has 1 rings (SSSR count). The van der Waals surface area contributed by atoms with Crippen LogP contribution in [0.5, 0.6) is 0 Å². The van der Waals surface area contributed by atoms with Crippen LogP contribution < -0.4 is 10.0 Å². The largest absolute Gasteiger partial charge is 0.447 e. The highest BCUT2D eigenvalue weighted by Gasteiger charge is 2.17. The second-order valence-corrected chi connectivity index (χ2v) is 5.22. The molecule has 0 atom stereocenters. The van der Waals surface area contributed by atoms with Crippen LogP contribution in [-0.2, 0) is 16.6 Å². The fourth-order valence-corrected chi connectivity index (χ4v) is 2.20. The Morgan fingerprint density at radius 1 is 1.35 bits per heavy atom. The quantitative estimate of drug-likeness (QED) is 0.576. The summed E-state index contributed by atoms with van der Waals surface area (Å²) in [6, 6.07) is 3.03. The molecule has 0 aliphatic carbocycles. The Bertz CT molecular complexity index is 427. The minimum atomic E-state index is -3.64. The van der Waals surface area contributed by atoms with E-state index in [0.29, 0.717) is 12.3 Å². The van der Waals surface area contributed by atoms with Gasteiger partial charge in [-0.2, -0.15) is 0 Å². The van der Waals surface area contributed by atoms with Crippen LogP contribution in [0.3, 0.4) is 0 Å². The zero-order valence-corrected chi connectivity index (χ0v) is 10.6. The van der Waals surface area contributed by atoms with Gasteiger partial charge in [0.1, 0.15) is 5.76 Å². The molecular weight excluding hydrogens is 244 g/mol. The molecule has 0 aliphatic heterocycles. The van der Waals surface area contributed by atoms with Crippen molar-refractivity contribution in [2.45, 2.75) is 25.0 Å². The van der Waals surface area contributed by atoms with Crippen molar-refractivity contribution in [1.29, 1.82) is 0 Å². The summed E-state index contributed by atoms with van der Waals surface area (Å²) in [4.78, 5) is 0. The fraction of sp³-hybridized carbons (Fsp3) is 0.600. The summed E-state index contributed by atoms with van der Waals surface area (Å²) in [7, 11) is -3.64. The monoisotopic (exact) mass is 262 g/mol. The lowest BCUT2D eigenvalue weighted by atomic mass is 10.4. The molecule has 0 fully saturated rings. The molecule has 0 saturated heterocycles. The van der Waals surface area contributed by atoms with Crippen LogP contribution in [0.4, 0.5) is 0 Å². The third-order valence-electron chi connectivity index (χ3n) is 2.03. The lowest BCUT2D eigenvalue weighted by Gasteiger charge is -2.02. The average Bonchev–Trinajstić information content (AvgIpc) is 2.76. The molecule has 6 nitrogen and oxygen atoms in total. The topological polar surface area (TPSA) is 91.6 Å². The summed E-state index contributed by atoms with van der Waals surface area (Å²) in [5.41, 5.74) is 0. The maximum Gasteiger partial charge on any atom is 0.274 e. The third-order valence-corrected chi connectivity index (χ3v) is 3.37. The number of hydrogen-bond donors (Lipinski definition) is 3. The van der Waals surface area contributed by atoms with E-state index in [2.05, 4.69) is 10.0 Å². The highest BCUT2D eigenvalue weighted by atomic mass is 32.2. The van der Waals surface area contributed by atoms with Crippen LogP contribution in [0.15, 0.2) is 21.6 Å². The number of hydrogen-bond acceptors (Lipinski definition) is 5. The minimum Gasteiger partial charge on any atom is -0.447 e. The van der Waals surface area contributed by atoms with Crippen LogP contribution in [0.2, 0.25) is 0 Å². The first-order valence-electron chi connectivity index (χ1n) is 5.50. The predicted octanol–water partition coefficient (Wildman–Crippen LogP) is 0.0498. The van der Waals surface area contributed by atoms with Crippen molar-refractivity contribution in [1.82, 2.24) is 10.0 Å². The summed E-state index contributed by atoms with van der Waals surface area (Å²) in [5.74, 6) is 0.572. The number of aliphatic hydroxyl groups excluding tert-OH is 1. The standard InChI is InChI=1S/C10H18N2O4S/c1-2-5-11-8-9-3-4-10(16-9)17(14,15)12-6-7-13/h3-4,11-13H,2,5-8H2,1H3. The number of aliphatic hydroxyl groups is 1. The van der Waals surface area contributed by atoms with Gasteiger partial charge in [0.15, 0.2) is 0 Å². The Kier molecular flexibility index (Phi) is 5.63. The molecule has 0 aliphatic rings. The summed E-state index contributed by atoms with van der Waals surface area (Å²) < 4.78 is 30.6. The Morgan fingerprint density at radius 2 is 2.12 bits per heavy atom. The lowest BCUT2D eigenvalue weighted by molar-refractivity contribution is 0.300. The van der Waals surface area contributed by atoms with Gasteiger partial charge in [0, 0.05) is 6.54 Å². The second kappa shape index (κ2) is 6.75. The van der Waals surface area contributed by atoms with Gasteiger partial charge in [0.05, 0.1) is 13.2 Å². The van der Waals surface area contributed by atoms with E-state index in [1.54, 1.807) is 6.07 Å². The van der Waals surface area contributed by atoms with E-state index >= 15 is 0 Å². The fourth-order valence-electron chi connectivity index (χ4n) is 1.24. The van der Waals surface area contributed by atoms with E-state index in [9.17, 15) is 8.42 Å². The molecule has 0 amide bonds. The molecule has 0 unspecified atom stereocenters. The normalized spacial score (nSPS) is 11.9. The molecule has 98 valence electrons. The van der Waals surface area contributed by atoms with Crippen molar-refractivity contribution < 1.29 is 17.9 Å². The van der Waals surface area contributed by atoms with Crippen LogP contribution in [0, 0.1) is 0 Å². The van der Waals surface area contributed by atoms with Crippen molar-refractivity contribution in [3.63, 3.8) is 0 Å². The van der Waals surface area contributed by atoms with Crippen molar-refractivity contribution in [2.24, 2.45) is 0 Å². The average molecular weight is 262 g/mol. The maximum atomic E-state index is 11.6. The summed E-state index contributed by atoms with van der Waals surface area (Å²) in [6.45, 7) is 3.13. The third kappa shape index (κ3) is 4.47. The van der Waals surface area contributed by atoms with Crippen LogP contribution in [0.1, 0.15) is 19.1 Å². The number of rotatable bonds is 8. The van der Waals surface area contributed by atoms with Crippen molar-refractivity contribution in [3.05, 3.63) is 17.9 Å². The van der Waals surface area contributed by atoms with Gasteiger partial charge in [-0.15, -0.1) is 0 Å². The molecule has 7 heteroatoms. The smallest absolute Gasteiger partial charge is 0.274 e. The maximum absolute atomic E-state index is 11.6. The van der Waals surface area contributed by atoms with Gasteiger partial charge < -0.3 is 14.8 Å². The SMILES string of the molecule is CCCNCc1ccc(S(=O)(=O)NCCO)o1. The van der Waals surface area contributed by atoms with Crippen molar-refractivity contribution >= 4 is 10.0 Å². The molecule has 0 bridgehead atoms. The first-order valence-corrected chi connectivity index (χ1v) is 6.98. The van der Waals surface area contributed by atoms with Gasteiger partial charge in [0.25, 0.3) is 10.0 Å². The van der Waals surface area contributed by atoms with Crippen LogP contribution in [-0.4, -0.2) is 33.2 Å². The number of nitrogens with one attached hydrogen (secondary N) is 2. The summed E-state index contributed by atoms with van der Waals surface area (Å²) in [5, 5.41) is 11.5. The van der Waals surface area contributed by atoms with Gasteiger partial charge in [-0.1, -0.05) is 6.92 Å². The molecule has 1 aromatic heterocycles. The van der Waals surface area contributed by atoms with Crippen LogP contribution >= 0.6 is 0 Å². The molecule has 1 aromatic rings. The zero-order valence-electron chi connectivity index (χ0n) is 9.77. The summed E-state index contributed by atoms with van der Waals surface area (Å²) >= 11 is 0. The molecule has 0 spiro atoms. The van der Waals surface area contributed by atoms with Gasteiger partial charge in [-0.3, -0.25) is 0 Å². The molecule has 1 heterocycles. The van der Waals surface area contributed by atoms with Crippen molar-refractivity contribution in [3.8, 4) is 0 Å². The first-order chi connectivity index (χ1) is 8.10. The highest BCUT2D eigenvalue weighted by Crippen LogP contribution is 2.13. The number of sulfonamides is 1. The Labute approximate surface area is 101 Å². The van der Waals surface area contributed by atoms with Crippen molar-refractivity contribution in [2.75, 3.05) is 19.7 Å². The number of furan rings is 1. The highest BCUT2D eigenvalue weighted by molar-refractivity contribution is 7.89. The van der Waals surface area contributed by atoms with Crippen LogP contribution in [0.25, 0.3) is 0 Å². The Hall–Kier alpha value is -0.890. The Morgan fingerprint density at radius 3 is 2.76 bits per heavy atom.